The number of carbonyl (C=O) groups is 1. The number of carbonyl (C=O) groups excluding carboxylic acids is 1. The van der Waals surface area contributed by atoms with Crippen molar-refractivity contribution in [3.8, 4) is 5.69 Å². The quantitative estimate of drug-likeness (QED) is 0.200. The number of methoxy groups -OCH3 is 1. The Kier molecular flexibility index (Phi) is 7.56. The third-order valence-electron chi connectivity index (χ3n) is 5.59. The zero-order valence-electron chi connectivity index (χ0n) is 19.0. The number of pyridine rings is 1. The Morgan fingerprint density at radius 1 is 1.09 bits per heavy atom. The molecule has 4 rings (SSSR count). The first-order chi connectivity index (χ1) is 15.5. The molecule has 0 unspecified atom stereocenters. The van der Waals surface area contributed by atoms with Crippen molar-refractivity contribution in [2.75, 3.05) is 20.2 Å². The minimum Gasteiger partial charge on any atom is -0.465 e. The molecule has 8 heteroatoms. The number of aromatic nitrogens is 1. The van der Waals surface area contributed by atoms with Gasteiger partial charge in [0, 0.05) is 23.9 Å². The van der Waals surface area contributed by atoms with Crippen molar-refractivity contribution >= 4 is 62.7 Å². The molecule has 0 fully saturated rings. The zero-order chi connectivity index (χ0) is 22.8. The monoisotopic (exact) mass is 483 g/mol. The molecule has 2 heterocycles. The number of ether oxygens (including phenoxy) is 1. The van der Waals surface area contributed by atoms with Gasteiger partial charge >= 0.3 is 5.97 Å². The van der Waals surface area contributed by atoms with Gasteiger partial charge in [-0.15, -0.1) is 23.7 Å². The molecular formula is C25H26ClN3O3S. The van der Waals surface area contributed by atoms with E-state index in [4.69, 9.17) is 9.73 Å². The molecule has 0 atom stereocenters. The number of hydrogen-bond acceptors (Lipinski definition) is 5. The Labute approximate surface area is 202 Å². The molecule has 0 radical (unpaired) electrons. The first kappa shape index (κ1) is 24.5. The molecule has 33 heavy (non-hydrogen) atoms. The number of halogens is 1. The van der Waals surface area contributed by atoms with Crippen molar-refractivity contribution < 1.29 is 9.53 Å². The number of para-hydroxylation sites is 1. The van der Waals surface area contributed by atoms with E-state index in [0.29, 0.717) is 20.8 Å². The third kappa shape index (κ3) is 4.26. The topological polar surface area (TPSA) is 63.9 Å². The Balaban J connectivity index is 0.00000306. The first-order valence-corrected chi connectivity index (χ1v) is 11.4. The lowest BCUT2D eigenvalue weighted by Gasteiger charge is -2.14. The average molecular weight is 484 g/mol. The summed E-state index contributed by atoms with van der Waals surface area (Å²) in [5.74, 6) is -0.467. The molecule has 0 N–H and O–H groups in total. The molecule has 0 bridgehead atoms. The second kappa shape index (κ2) is 10.2. The normalized spacial score (nSPS) is 11.2. The summed E-state index contributed by atoms with van der Waals surface area (Å²) in [5, 5.41) is 2.13. The van der Waals surface area contributed by atoms with E-state index >= 15 is 0 Å². The minimum absolute atomic E-state index is 0. The van der Waals surface area contributed by atoms with Crippen molar-refractivity contribution in [2.45, 2.75) is 20.8 Å². The summed E-state index contributed by atoms with van der Waals surface area (Å²) < 4.78 is 6.77. The van der Waals surface area contributed by atoms with Gasteiger partial charge in [-0.1, -0.05) is 36.4 Å². The van der Waals surface area contributed by atoms with Crippen LogP contribution in [0.5, 0.6) is 0 Å². The van der Waals surface area contributed by atoms with Crippen LogP contribution in [0.15, 0.2) is 58.3 Å². The predicted octanol–water partition coefficient (Wildman–Crippen LogP) is 5.72. The maximum absolute atomic E-state index is 13.6. The van der Waals surface area contributed by atoms with Crippen LogP contribution in [0.3, 0.4) is 0 Å². The van der Waals surface area contributed by atoms with Gasteiger partial charge in [-0.3, -0.25) is 9.36 Å². The van der Waals surface area contributed by atoms with Crippen LogP contribution in [0, 0.1) is 6.92 Å². The number of hydrogen-bond donors (Lipinski definition) is 0. The lowest BCUT2D eigenvalue weighted by atomic mass is 10.1. The number of thiophene rings is 1. The van der Waals surface area contributed by atoms with Crippen molar-refractivity contribution in [1.82, 2.24) is 9.47 Å². The lowest BCUT2D eigenvalue weighted by molar-refractivity contribution is 0.0607. The third-order valence-corrected chi connectivity index (χ3v) is 6.73. The molecular weight excluding hydrogens is 458 g/mol. The lowest BCUT2D eigenvalue weighted by Crippen LogP contribution is -2.20. The smallest absolute Gasteiger partial charge is 0.350 e. The van der Waals surface area contributed by atoms with Crippen molar-refractivity contribution in [3.05, 3.63) is 69.3 Å². The molecule has 0 aliphatic rings. The Hall–Kier alpha value is -3.16. The molecule has 6 nitrogen and oxygen atoms in total. The molecule has 0 saturated carbocycles. The number of fused-ring (bicyclic) bond motifs is 3. The number of aryl methyl sites for hydroxylation is 1. The highest BCUT2D eigenvalue weighted by molar-refractivity contribution is 7.21. The minimum atomic E-state index is -0.467. The SMILES string of the molecule is CCN(C=Nc1c(C(=O)OC)sc2c1c1ccccc1c(=O)n2-c1ccccc1C)CC.Cl. The van der Waals surface area contributed by atoms with Crippen LogP contribution in [-0.2, 0) is 4.74 Å². The van der Waals surface area contributed by atoms with Gasteiger partial charge in [0.25, 0.3) is 5.56 Å². The van der Waals surface area contributed by atoms with E-state index in [0.717, 1.165) is 35.1 Å². The second-order valence-corrected chi connectivity index (χ2v) is 8.39. The van der Waals surface area contributed by atoms with Crippen LogP contribution >= 0.6 is 23.7 Å². The maximum atomic E-state index is 13.6. The summed E-state index contributed by atoms with van der Waals surface area (Å²) >= 11 is 1.24. The summed E-state index contributed by atoms with van der Waals surface area (Å²) in [6, 6.07) is 15.2. The van der Waals surface area contributed by atoms with Gasteiger partial charge in [-0.05, 0) is 43.9 Å². The van der Waals surface area contributed by atoms with Crippen LogP contribution in [0.1, 0.15) is 29.1 Å². The van der Waals surface area contributed by atoms with E-state index in [2.05, 4.69) is 0 Å². The zero-order valence-corrected chi connectivity index (χ0v) is 20.6. The highest BCUT2D eigenvalue weighted by Crippen LogP contribution is 2.42. The standard InChI is InChI=1S/C25H25N3O3S.ClH/c1-5-27(6-2)15-26-21-20-17-12-8-9-13-18(17)23(29)28(19-14-10-7-11-16(19)3)24(20)32-22(21)25(30)31-4;/h7-15H,5-6H2,1-4H3;1H. The first-order valence-electron chi connectivity index (χ1n) is 10.5. The molecule has 172 valence electrons. The number of nitrogens with zero attached hydrogens (tertiary/aromatic N) is 3. The molecule has 0 saturated heterocycles. The summed E-state index contributed by atoms with van der Waals surface area (Å²) in [6.45, 7) is 7.66. The highest BCUT2D eigenvalue weighted by Gasteiger charge is 2.25. The summed E-state index contributed by atoms with van der Waals surface area (Å²) in [5.41, 5.74) is 2.15. The molecule has 4 aromatic rings. The van der Waals surface area contributed by atoms with E-state index in [1.807, 2.05) is 74.2 Å². The molecule has 0 aliphatic carbocycles. The van der Waals surface area contributed by atoms with Gasteiger partial charge in [0.15, 0.2) is 0 Å². The highest BCUT2D eigenvalue weighted by atomic mass is 35.5. The van der Waals surface area contributed by atoms with Gasteiger partial charge in [-0.25, -0.2) is 9.79 Å². The summed E-state index contributed by atoms with van der Waals surface area (Å²) in [7, 11) is 1.36. The van der Waals surface area contributed by atoms with Gasteiger partial charge in [-0.2, -0.15) is 0 Å². The fourth-order valence-corrected chi connectivity index (χ4v) is 5.02. The Bertz CT molecular complexity index is 1400. The largest absolute Gasteiger partial charge is 0.465 e. The van der Waals surface area contributed by atoms with Gasteiger partial charge < -0.3 is 9.64 Å². The van der Waals surface area contributed by atoms with E-state index in [1.165, 1.54) is 18.4 Å². The van der Waals surface area contributed by atoms with E-state index in [1.54, 1.807) is 10.9 Å². The number of benzene rings is 2. The fraction of sp³-hybridized carbons (Fsp3) is 0.240. The van der Waals surface area contributed by atoms with Gasteiger partial charge in [0.05, 0.1) is 19.1 Å². The van der Waals surface area contributed by atoms with E-state index < -0.39 is 5.97 Å². The van der Waals surface area contributed by atoms with Crippen molar-refractivity contribution in [3.63, 3.8) is 0 Å². The van der Waals surface area contributed by atoms with Crippen LogP contribution in [0.25, 0.3) is 26.7 Å². The van der Waals surface area contributed by atoms with Crippen LogP contribution in [0.4, 0.5) is 5.69 Å². The molecule has 0 amide bonds. The molecule has 2 aromatic heterocycles. The van der Waals surface area contributed by atoms with Crippen molar-refractivity contribution in [2.24, 2.45) is 4.99 Å². The molecule has 0 aliphatic heterocycles. The number of esters is 1. The van der Waals surface area contributed by atoms with E-state index in [9.17, 15) is 9.59 Å². The fourth-order valence-electron chi connectivity index (χ4n) is 3.82. The van der Waals surface area contributed by atoms with Crippen molar-refractivity contribution in [1.29, 1.82) is 0 Å². The van der Waals surface area contributed by atoms with Gasteiger partial charge in [0.1, 0.15) is 15.4 Å². The van der Waals surface area contributed by atoms with Crippen LogP contribution in [-0.4, -0.2) is 42.0 Å². The predicted molar refractivity (Wildman–Crippen MR) is 139 cm³/mol. The molecule has 2 aromatic carbocycles. The molecule has 0 spiro atoms. The van der Waals surface area contributed by atoms with E-state index in [-0.39, 0.29) is 18.0 Å². The Morgan fingerprint density at radius 2 is 1.73 bits per heavy atom. The second-order valence-electron chi connectivity index (χ2n) is 7.39. The van der Waals surface area contributed by atoms with Gasteiger partial charge in [0.2, 0.25) is 0 Å². The Morgan fingerprint density at radius 3 is 2.36 bits per heavy atom. The number of rotatable bonds is 6. The number of aliphatic imine (C=N–C) groups is 1. The average Bonchev–Trinajstić information content (AvgIpc) is 3.20. The summed E-state index contributed by atoms with van der Waals surface area (Å²) in [6.07, 6.45) is 1.76. The van der Waals surface area contributed by atoms with Crippen LogP contribution in [0.2, 0.25) is 0 Å². The van der Waals surface area contributed by atoms with Crippen LogP contribution < -0.4 is 5.56 Å². The summed E-state index contributed by atoms with van der Waals surface area (Å²) in [4.78, 5) is 34.2. The maximum Gasteiger partial charge on any atom is 0.350 e.